The molecule has 1 atom stereocenters. The first-order valence-electron chi connectivity index (χ1n) is 9.19. The number of nitrogens with one attached hydrogen (secondary N) is 1. The lowest BCUT2D eigenvalue weighted by molar-refractivity contribution is -0.120. The van der Waals surface area contributed by atoms with E-state index < -0.39 is 10.0 Å². The van der Waals surface area contributed by atoms with Gasteiger partial charge in [-0.15, -0.1) is 0 Å². The molecule has 0 aliphatic rings. The van der Waals surface area contributed by atoms with E-state index in [9.17, 15) is 13.2 Å². The molecule has 0 spiro atoms. The van der Waals surface area contributed by atoms with E-state index >= 15 is 0 Å². The summed E-state index contributed by atoms with van der Waals surface area (Å²) in [5, 5.41) is 2.87. The van der Waals surface area contributed by atoms with Gasteiger partial charge < -0.3 is 10.1 Å². The molecule has 2 aromatic carbocycles. The number of aryl methyl sites for hydroxylation is 2. The minimum absolute atomic E-state index is 0.261. The highest BCUT2D eigenvalue weighted by Crippen LogP contribution is 2.24. The van der Waals surface area contributed by atoms with E-state index in [4.69, 9.17) is 4.74 Å². The smallest absolute Gasteiger partial charge is 0.241 e. The number of carbonyl (C=O) groups is 1. The molecular weight excluding hydrogens is 376 g/mol. The minimum atomic E-state index is -3.61. The zero-order valence-corrected chi connectivity index (χ0v) is 17.8. The fraction of sp³-hybridized carbons (Fsp3) is 0.381. The predicted molar refractivity (Wildman–Crippen MR) is 112 cm³/mol. The molecule has 152 valence electrons. The Hall–Kier alpha value is -2.54. The first-order chi connectivity index (χ1) is 13.1. The van der Waals surface area contributed by atoms with Crippen LogP contribution in [0.15, 0.2) is 42.5 Å². The summed E-state index contributed by atoms with van der Waals surface area (Å²) >= 11 is 0. The van der Waals surface area contributed by atoms with Gasteiger partial charge in [-0.2, -0.15) is 0 Å². The van der Waals surface area contributed by atoms with Gasteiger partial charge in [0.05, 0.1) is 24.6 Å². The van der Waals surface area contributed by atoms with Gasteiger partial charge in [0.2, 0.25) is 15.9 Å². The van der Waals surface area contributed by atoms with Crippen molar-refractivity contribution in [2.45, 2.75) is 33.7 Å². The number of carbonyl (C=O) groups excluding carboxylic acids is 1. The van der Waals surface area contributed by atoms with E-state index in [1.807, 2.05) is 64.1 Å². The Bertz CT molecular complexity index is 924. The summed E-state index contributed by atoms with van der Waals surface area (Å²) < 4.78 is 31.2. The number of benzene rings is 2. The molecule has 0 aliphatic heterocycles. The van der Waals surface area contributed by atoms with Gasteiger partial charge in [-0.05, 0) is 62.6 Å². The normalized spacial score (nSPS) is 12.3. The van der Waals surface area contributed by atoms with Crippen LogP contribution in [0.3, 0.4) is 0 Å². The molecule has 2 aromatic rings. The number of ether oxygens (including phenoxy) is 1. The van der Waals surface area contributed by atoms with Crippen LogP contribution in [0.25, 0.3) is 0 Å². The summed E-state index contributed by atoms with van der Waals surface area (Å²) in [5.41, 5.74) is 3.15. The second-order valence-corrected chi connectivity index (χ2v) is 8.76. The Labute approximate surface area is 167 Å². The highest BCUT2D eigenvalue weighted by molar-refractivity contribution is 7.92. The van der Waals surface area contributed by atoms with E-state index in [2.05, 4.69) is 5.32 Å². The Kier molecular flexibility index (Phi) is 7.07. The molecule has 0 bridgehead atoms. The van der Waals surface area contributed by atoms with E-state index in [-0.39, 0.29) is 18.5 Å². The van der Waals surface area contributed by atoms with Crippen molar-refractivity contribution in [1.29, 1.82) is 0 Å². The zero-order chi connectivity index (χ0) is 20.9. The molecule has 0 radical (unpaired) electrons. The monoisotopic (exact) mass is 404 g/mol. The van der Waals surface area contributed by atoms with Crippen LogP contribution >= 0.6 is 0 Å². The van der Waals surface area contributed by atoms with Gasteiger partial charge in [0, 0.05) is 0 Å². The molecule has 1 amide bonds. The minimum Gasteiger partial charge on any atom is -0.494 e. The largest absolute Gasteiger partial charge is 0.494 e. The average Bonchev–Trinajstić information content (AvgIpc) is 2.62. The summed E-state index contributed by atoms with van der Waals surface area (Å²) in [4.78, 5) is 12.6. The second-order valence-electron chi connectivity index (χ2n) is 6.85. The zero-order valence-electron chi connectivity index (χ0n) is 17.0. The van der Waals surface area contributed by atoms with Crippen molar-refractivity contribution in [2.75, 3.05) is 23.7 Å². The lowest BCUT2D eigenvalue weighted by Gasteiger charge is -2.25. The Morgan fingerprint density at radius 3 is 2.36 bits per heavy atom. The fourth-order valence-electron chi connectivity index (χ4n) is 2.89. The Morgan fingerprint density at radius 1 is 1.14 bits per heavy atom. The van der Waals surface area contributed by atoms with Crippen molar-refractivity contribution in [2.24, 2.45) is 0 Å². The predicted octanol–water partition coefficient (Wildman–Crippen LogP) is 3.35. The summed E-state index contributed by atoms with van der Waals surface area (Å²) in [5.74, 6) is 0.399. The number of rotatable bonds is 8. The van der Waals surface area contributed by atoms with Crippen LogP contribution in [-0.2, 0) is 14.8 Å². The lowest BCUT2D eigenvalue weighted by Crippen LogP contribution is -2.41. The number of anilines is 1. The van der Waals surface area contributed by atoms with E-state index in [0.29, 0.717) is 12.3 Å². The Morgan fingerprint density at radius 2 is 1.79 bits per heavy atom. The number of amides is 1. The average molecular weight is 405 g/mol. The van der Waals surface area contributed by atoms with Crippen LogP contribution in [0.2, 0.25) is 0 Å². The van der Waals surface area contributed by atoms with Crippen LogP contribution in [-0.4, -0.2) is 33.7 Å². The van der Waals surface area contributed by atoms with E-state index in [1.54, 1.807) is 6.07 Å². The molecule has 0 aliphatic carbocycles. The van der Waals surface area contributed by atoms with E-state index in [0.717, 1.165) is 33.0 Å². The highest BCUT2D eigenvalue weighted by Gasteiger charge is 2.23. The second kappa shape index (κ2) is 9.10. The maximum atomic E-state index is 12.6. The molecule has 0 fully saturated rings. The third-order valence-electron chi connectivity index (χ3n) is 4.39. The maximum absolute atomic E-state index is 12.6. The lowest BCUT2D eigenvalue weighted by atomic mass is 10.1. The Balaban J connectivity index is 2.14. The van der Waals surface area contributed by atoms with Gasteiger partial charge >= 0.3 is 0 Å². The van der Waals surface area contributed by atoms with Crippen LogP contribution in [0.5, 0.6) is 5.75 Å². The SMILES string of the molecule is CCOc1ccc([C@H](C)NC(=O)CN(c2cc(C)ccc2C)S(C)(=O)=O)cc1. The van der Waals surface area contributed by atoms with E-state index in [1.165, 1.54) is 0 Å². The topological polar surface area (TPSA) is 75.7 Å². The van der Waals surface area contributed by atoms with Crippen molar-refractivity contribution in [3.8, 4) is 5.75 Å². The number of nitrogens with zero attached hydrogens (tertiary/aromatic N) is 1. The van der Waals surface area contributed by atoms with Crippen molar-refractivity contribution < 1.29 is 17.9 Å². The standard InChI is InChI=1S/C21H28N2O4S/c1-6-27-19-11-9-18(10-12-19)17(4)22-21(24)14-23(28(5,25)26)20-13-15(2)7-8-16(20)3/h7-13,17H,6,14H2,1-5H3,(H,22,24)/t17-/m0/s1. The summed E-state index contributed by atoms with van der Waals surface area (Å²) in [6, 6.07) is 12.7. The summed E-state index contributed by atoms with van der Waals surface area (Å²) in [6.07, 6.45) is 1.11. The molecule has 28 heavy (non-hydrogen) atoms. The van der Waals surface area contributed by atoms with Gasteiger partial charge in [0.15, 0.2) is 0 Å². The van der Waals surface area contributed by atoms with Gasteiger partial charge in [-0.25, -0.2) is 8.42 Å². The van der Waals surface area contributed by atoms with Crippen LogP contribution in [0, 0.1) is 13.8 Å². The molecular formula is C21H28N2O4S. The number of sulfonamides is 1. The molecule has 7 heteroatoms. The van der Waals surface area contributed by atoms with Crippen molar-refractivity contribution in [1.82, 2.24) is 5.32 Å². The van der Waals surface area contributed by atoms with Gasteiger partial charge in [0.25, 0.3) is 0 Å². The van der Waals surface area contributed by atoms with Gasteiger partial charge in [0.1, 0.15) is 12.3 Å². The summed E-state index contributed by atoms with van der Waals surface area (Å²) in [7, 11) is -3.61. The molecule has 6 nitrogen and oxygen atoms in total. The summed E-state index contributed by atoms with van der Waals surface area (Å²) in [6.45, 7) is 7.80. The first kappa shape index (κ1) is 21.8. The molecule has 2 rings (SSSR count). The maximum Gasteiger partial charge on any atom is 0.241 e. The number of hydrogen-bond acceptors (Lipinski definition) is 4. The number of hydrogen-bond donors (Lipinski definition) is 1. The molecule has 0 saturated carbocycles. The molecule has 0 saturated heterocycles. The first-order valence-corrected chi connectivity index (χ1v) is 11.0. The van der Waals surface area contributed by atoms with Crippen molar-refractivity contribution >= 4 is 21.6 Å². The quantitative estimate of drug-likeness (QED) is 0.732. The van der Waals surface area contributed by atoms with Crippen molar-refractivity contribution in [3.05, 3.63) is 59.2 Å². The van der Waals surface area contributed by atoms with Crippen LogP contribution in [0.4, 0.5) is 5.69 Å². The van der Waals surface area contributed by atoms with Crippen molar-refractivity contribution in [3.63, 3.8) is 0 Å². The van der Waals surface area contributed by atoms with Gasteiger partial charge in [-0.3, -0.25) is 9.10 Å². The molecule has 0 unspecified atom stereocenters. The van der Waals surface area contributed by atoms with Gasteiger partial charge in [-0.1, -0.05) is 24.3 Å². The molecule has 1 N–H and O–H groups in total. The van der Waals surface area contributed by atoms with Crippen LogP contribution in [0.1, 0.15) is 36.6 Å². The molecule has 0 aromatic heterocycles. The van der Waals surface area contributed by atoms with Crippen LogP contribution < -0.4 is 14.4 Å². The molecule has 0 heterocycles. The third kappa shape index (κ3) is 5.73. The fourth-order valence-corrected chi connectivity index (χ4v) is 3.80. The highest BCUT2D eigenvalue weighted by atomic mass is 32.2. The third-order valence-corrected chi connectivity index (χ3v) is 5.52.